The normalized spacial score (nSPS) is 11.9. The van der Waals surface area contributed by atoms with E-state index in [0.29, 0.717) is 17.3 Å². The first-order chi connectivity index (χ1) is 9.04. The van der Waals surface area contributed by atoms with Crippen molar-refractivity contribution in [1.29, 1.82) is 0 Å². The van der Waals surface area contributed by atoms with E-state index in [1.54, 1.807) is 32.0 Å². The summed E-state index contributed by atoms with van der Waals surface area (Å²) < 4.78 is 17.6. The lowest BCUT2D eigenvalue weighted by Gasteiger charge is -2.13. The van der Waals surface area contributed by atoms with Crippen LogP contribution in [0.2, 0.25) is 0 Å². The molecule has 0 aliphatic rings. The number of amides is 1. The summed E-state index contributed by atoms with van der Waals surface area (Å²) in [6.45, 7) is 3.46. The van der Waals surface area contributed by atoms with Gasteiger partial charge in [-0.3, -0.25) is 10.1 Å². The molecule has 1 amide bonds. The Bertz CT molecular complexity index is 566. The first-order valence-corrected chi connectivity index (χ1v) is 5.81. The van der Waals surface area contributed by atoms with Gasteiger partial charge in [0.2, 0.25) is 11.8 Å². The molecule has 6 heteroatoms. The van der Waals surface area contributed by atoms with Crippen LogP contribution in [0, 0.1) is 12.7 Å². The van der Waals surface area contributed by atoms with Gasteiger partial charge in [-0.2, -0.15) is 0 Å². The number of hydrogen-bond acceptors (Lipinski definition) is 4. The summed E-state index contributed by atoms with van der Waals surface area (Å²) in [5, 5.41) is 9.22. The molecule has 1 atom stereocenters. The Morgan fingerprint density at radius 3 is 2.63 bits per heavy atom. The van der Waals surface area contributed by atoms with Crippen molar-refractivity contribution in [2.24, 2.45) is 0 Å². The summed E-state index contributed by atoms with van der Waals surface area (Å²) in [7, 11) is 0. The van der Waals surface area contributed by atoms with Crippen molar-refractivity contribution in [3.8, 4) is 0 Å². The molecule has 1 unspecified atom stereocenters. The van der Waals surface area contributed by atoms with E-state index in [-0.39, 0.29) is 11.7 Å². The van der Waals surface area contributed by atoms with Crippen molar-refractivity contribution in [3.05, 3.63) is 41.8 Å². The highest BCUT2D eigenvalue weighted by Crippen LogP contribution is 2.12. The fourth-order valence-corrected chi connectivity index (χ4v) is 1.51. The molecule has 0 aliphatic carbocycles. The van der Waals surface area contributed by atoms with Gasteiger partial charge in [0.25, 0.3) is 0 Å². The number of anilines is 2. The fraction of sp³-hybridized carbons (Fsp3) is 0.231. The smallest absolute Gasteiger partial charge is 0.248 e. The molecule has 2 rings (SSSR count). The van der Waals surface area contributed by atoms with Crippen molar-refractivity contribution in [2.45, 2.75) is 19.9 Å². The van der Waals surface area contributed by atoms with E-state index < -0.39 is 6.04 Å². The predicted molar refractivity (Wildman–Crippen MR) is 69.4 cm³/mol. The monoisotopic (exact) mass is 263 g/mol. The number of halogens is 1. The van der Waals surface area contributed by atoms with Gasteiger partial charge in [-0.25, -0.2) is 4.39 Å². The van der Waals surface area contributed by atoms with Crippen molar-refractivity contribution >= 4 is 17.5 Å². The van der Waals surface area contributed by atoms with Crippen LogP contribution in [0.5, 0.6) is 0 Å². The Balaban J connectivity index is 1.94. The van der Waals surface area contributed by atoms with Crippen LogP contribution in [-0.4, -0.2) is 17.1 Å². The minimum Gasteiger partial charge on any atom is -0.374 e. The van der Waals surface area contributed by atoms with Gasteiger partial charge in [0.1, 0.15) is 11.9 Å². The number of carbonyl (C=O) groups excluding carboxylic acids is 1. The summed E-state index contributed by atoms with van der Waals surface area (Å²) in [6, 6.07) is 6.92. The lowest BCUT2D eigenvalue weighted by Crippen LogP contribution is -2.31. The van der Waals surface area contributed by atoms with Gasteiger partial charge in [0.05, 0.1) is 5.69 Å². The Morgan fingerprint density at radius 1 is 1.37 bits per heavy atom. The number of aryl methyl sites for hydroxylation is 1. The molecular formula is C13H14FN3O2. The molecule has 0 radical (unpaired) electrons. The molecule has 5 nitrogen and oxygen atoms in total. The van der Waals surface area contributed by atoms with Gasteiger partial charge < -0.3 is 9.84 Å². The molecule has 100 valence electrons. The zero-order valence-electron chi connectivity index (χ0n) is 10.6. The minimum absolute atomic E-state index is 0.263. The topological polar surface area (TPSA) is 67.2 Å². The summed E-state index contributed by atoms with van der Waals surface area (Å²) in [4.78, 5) is 11.9. The summed E-state index contributed by atoms with van der Waals surface area (Å²) >= 11 is 0. The van der Waals surface area contributed by atoms with E-state index in [9.17, 15) is 9.18 Å². The van der Waals surface area contributed by atoms with Crippen LogP contribution in [-0.2, 0) is 4.79 Å². The molecule has 1 aromatic carbocycles. The first-order valence-electron chi connectivity index (χ1n) is 5.81. The molecule has 0 saturated carbocycles. The van der Waals surface area contributed by atoms with Gasteiger partial charge in [-0.15, -0.1) is 0 Å². The van der Waals surface area contributed by atoms with Crippen LogP contribution in [0.15, 0.2) is 34.9 Å². The average molecular weight is 263 g/mol. The number of nitrogens with one attached hydrogen (secondary N) is 2. The molecule has 2 aromatic rings. The van der Waals surface area contributed by atoms with E-state index in [1.165, 1.54) is 12.1 Å². The van der Waals surface area contributed by atoms with E-state index in [1.807, 2.05) is 0 Å². The largest absolute Gasteiger partial charge is 0.374 e. The Kier molecular flexibility index (Phi) is 3.79. The third-order valence-corrected chi connectivity index (χ3v) is 2.50. The van der Waals surface area contributed by atoms with Crippen molar-refractivity contribution in [3.63, 3.8) is 0 Å². The third-order valence-electron chi connectivity index (χ3n) is 2.50. The van der Waals surface area contributed by atoms with E-state index in [2.05, 4.69) is 15.8 Å². The fourth-order valence-electron chi connectivity index (χ4n) is 1.51. The van der Waals surface area contributed by atoms with Gasteiger partial charge >= 0.3 is 0 Å². The lowest BCUT2D eigenvalue weighted by molar-refractivity contribution is -0.116. The maximum absolute atomic E-state index is 12.7. The van der Waals surface area contributed by atoms with Crippen LogP contribution in [0.4, 0.5) is 16.0 Å². The highest BCUT2D eigenvalue weighted by Gasteiger charge is 2.14. The second kappa shape index (κ2) is 5.51. The summed E-state index contributed by atoms with van der Waals surface area (Å²) in [6.07, 6.45) is 0. The van der Waals surface area contributed by atoms with Crippen LogP contribution in [0.3, 0.4) is 0 Å². The molecule has 0 bridgehead atoms. The summed E-state index contributed by atoms with van der Waals surface area (Å²) in [5.41, 5.74) is 1.35. The van der Waals surface area contributed by atoms with Crippen LogP contribution >= 0.6 is 0 Å². The molecule has 0 saturated heterocycles. The Hall–Kier alpha value is -2.37. The lowest BCUT2D eigenvalue weighted by atomic mass is 10.2. The van der Waals surface area contributed by atoms with E-state index >= 15 is 0 Å². The number of hydrogen-bond donors (Lipinski definition) is 2. The maximum atomic E-state index is 12.7. The predicted octanol–water partition coefficient (Wildman–Crippen LogP) is 2.56. The van der Waals surface area contributed by atoms with Gasteiger partial charge in [0.15, 0.2) is 0 Å². The third kappa shape index (κ3) is 3.54. The SMILES string of the molecule is Cc1cc(NC(=O)C(C)Nc2ccc(F)cc2)on1. The summed E-state index contributed by atoms with van der Waals surface area (Å²) in [5.74, 6) is -0.282. The van der Waals surface area contributed by atoms with Gasteiger partial charge in [-0.05, 0) is 38.1 Å². The molecule has 0 spiro atoms. The molecule has 0 fully saturated rings. The Labute approximate surface area is 109 Å². The zero-order chi connectivity index (χ0) is 13.8. The van der Waals surface area contributed by atoms with Crippen molar-refractivity contribution in [1.82, 2.24) is 5.16 Å². The second-order valence-electron chi connectivity index (χ2n) is 4.19. The highest BCUT2D eigenvalue weighted by molar-refractivity contribution is 5.95. The zero-order valence-corrected chi connectivity index (χ0v) is 10.6. The number of benzene rings is 1. The molecule has 0 aliphatic heterocycles. The molecule has 1 aromatic heterocycles. The maximum Gasteiger partial charge on any atom is 0.248 e. The van der Waals surface area contributed by atoms with Crippen molar-refractivity contribution in [2.75, 3.05) is 10.6 Å². The minimum atomic E-state index is -0.490. The standard InChI is InChI=1S/C13H14FN3O2/c1-8-7-12(19-17-8)16-13(18)9(2)15-11-5-3-10(14)4-6-11/h3-7,9,15H,1-2H3,(H,16,18). The average Bonchev–Trinajstić information content (AvgIpc) is 2.77. The van der Waals surface area contributed by atoms with E-state index in [0.717, 1.165) is 0 Å². The van der Waals surface area contributed by atoms with E-state index in [4.69, 9.17) is 4.52 Å². The first kappa shape index (κ1) is 13.1. The Morgan fingerprint density at radius 2 is 2.05 bits per heavy atom. The number of carbonyl (C=O) groups is 1. The second-order valence-corrected chi connectivity index (χ2v) is 4.19. The van der Waals surface area contributed by atoms with Gasteiger partial charge in [0, 0.05) is 11.8 Å². The van der Waals surface area contributed by atoms with Gasteiger partial charge in [-0.1, -0.05) is 5.16 Å². The quantitative estimate of drug-likeness (QED) is 0.889. The van der Waals surface area contributed by atoms with Crippen LogP contribution in [0.1, 0.15) is 12.6 Å². The molecular weight excluding hydrogens is 249 g/mol. The molecule has 2 N–H and O–H groups in total. The van der Waals surface area contributed by atoms with Crippen LogP contribution in [0.25, 0.3) is 0 Å². The number of rotatable bonds is 4. The van der Waals surface area contributed by atoms with Crippen molar-refractivity contribution < 1.29 is 13.7 Å². The molecule has 19 heavy (non-hydrogen) atoms. The number of nitrogens with zero attached hydrogens (tertiary/aromatic N) is 1. The van der Waals surface area contributed by atoms with Crippen LogP contribution < -0.4 is 10.6 Å². The highest BCUT2D eigenvalue weighted by atomic mass is 19.1. The number of aromatic nitrogens is 1. The molecule has 1 heterocycles.